The summed E-state index contributed by atoms with van der Waals surface area (Å²) in [6, 6.07) is 38.6. The third-order valence-corrected chi connectivity index (χ3v) is 10.9. The predicted molar refractivity (Wildman–Crippen MR) is 175 cm³/mol. The van der Waals surface area contributed by atoms with Gasteiger partial charge in [0.05, 0.1) is 31.6 Å². The van der Waals surface area contributed by atoms with Crippen molar-refractivity contribution in [2.45, 2.75) is 0 Å². The zero-order chi connectivity index (χ0) is 26.4. The molecular weight excluding hydrogens is 594 g/mol. The SMILES string of the molecule is Brc1cc2c3ccccc3n(-c3nc(-c4ccccc4)c4sc5ccccc5c4n3)c2c2c1sc1ccccc12. The number of halogens is 1. The molecule has 0 aliphatic carbocycles. The summed E-state index contributed by atoms with van der Waals surface area (Å²) in [7, 11) is 0. The number of hydrogen-bond acceptors (Lipinski definition) is 4. The average molecular weight is 613 g/mol. The van der Waals surface area contributed by atoms with Crippen LogP contribution in [0.4, 0.5) is 0 Å². The largest absolute Gasteiger partial charge is 0.277 e. The molecule has 6 heteroatoms. The normalized spacial score (nSPS) is 12.1. The summed E-state index contributed by atoms with van der Waals surface area (Å²) in [5, 5.41) is 6.04. The molecule has 0 bridgehead atoms. The number of rotatable bonds is 2. The molecule has 9 rings (SSSR count). The highest BCUT2D eigenvalue weighted by Gasteiger charge is 2.23. The van der Waals surface area contributed by atoms with Gasteiger partial charge in [0.15, 0.2) is 0 Å². The van der Waals surface area contributed by atoms with E-state index in [1.54, 1.807) is 11.3 Å². The highest BCUT2D eigenvalue weighted by Crippen LogP contribution is 2.46. The monoisotopic (exact) mass is 611 g/mol. The second-order valence-corrected chi connectivity index (χ2v) is 12.9. The third-order valence-electron chi connectivity index (χ3n) is 7.69. The van der Waals surface area contributed by atoms with Crippen LogP contribution >= 0.6 is 38.6 Å². The van der Waals surface area contributed by atoms with Crippen molar-refractivity contribution in [2.75, 3.05) is 0 Å². The van der Waals surface area contributed by atoms with Crippen LogP contribution in [0.25, 0.3) is 79.5 Å². The summed E-state index contributed by atoms with van der Waals surface area (Å²) in [6.45, 7) is 0. The van der Waals surface area contributed by atoms with E-state index in [0.717, 1.165) is 42.4 Å². The van der Waals surface area contributed by atoms with Gasteiger partial charge in [-0.2, -0.15) is 0 Å². The first-order chi connectivity index (χ1) is 19.8. The number of para-hydroxylation sites is 1. The minimum atomic E-state index is 0.694. The predicted octanol–water partition coefficient (Wildman–Crippen LogP) is 10.7. The van der Waals surface area contributed by atoms with Crippen molar-refractivity contribution in [2.24, 2.45) is 0 Å². The van der Waals surface area contributed by atoms with E-state index in [1.807, 2.05) is 11.3 Å². The quantitative estimate of drug-likeness (QED) is 0.194. The average Bonchev–Trinajstić information content (AvgIpc) is 3.67. The van der Waals surface area contributed by atoms with Crippen LogP contribution in [0.1, 0.15) is 0 Å². The maximum absolute atomic E-state index is 5.36. The number of hydrogen-bond donors (Lipinski definition) is 0. The van der Waals surface area contributed by atoms with E-state index in [9.17, 15) is 0 Å². The lowest BCUT2D eigenvalue weighted by Gasteiger charge is -2.11. The molecule has 0 radical (unpaired) electrons. The Labute approximate surface area is 245 Å². The van der Waals surface area contributed by atoms with E-state index in [4.69, 9.17) is 9.97 Å². The minimum Gasteiger partial charge on any atom is -0.277 e. The summed E-state index contributed by atoms with van der Waals surface area (Å²) in [5.74, 6) is 0.694. The standard InChI is InChI=1S/C34H18BrN3S2/c35-24-18-23-20-12-4-7-15-25(20)38(31(23)28-21-13-5-8-16-26(21)39-32(24)28)34-36-29(19-10-2-1-3-11-19)33-30(37-34)22-14-6-9-17-27(22)40-33/h1-18H. The number of aromatic nitrogens is 3. The Kier molecular flexibility index (Phi) is 4.79. The van der Waals surface area contributed by atoms with Crippen LogP contribution in [0.2, 0.25) is 0 Å². The van der Waals surface area contributed by atoms with Gasteiger partial charge in [0.2, 0.25) is 5.95 Å². The molecule has 0 N–H and O–H groups in total. The van der Waals surface area contributed by atoms with Crippen molar-refractivity contribution in [3.8, 4) is 17.2 Å². The van der Waals surface area contributed by atoms with E-state index < -0.39 is 0 Å². The van der Waals surface area contributed by atoms with Crippen molar-refractivity contribution in [1.82, 2.24) is 14.5 Å². The molecule has 188 valence electrons. The van der Waals surface area contributed by atoms with E-state index in [2.05, 4.69) is 130 Å². The van der Waals surface area contributed by atoms with Crippen molar-refractivity contribution < 1.29 is 0 Å². The van der Waals surface area contributed by atoms with Crippen LogP contribution in [0, 0.1) is 0 Å². The summed E-state index contributed by atoms with van der Waals surface area (Å²) in [5.41, 5.74) is 5.31. The fraction of sp³-hybridized carbons (Fsp3) is 0. The van der Waals surface area contributed by atoms with Crippen LogP contribution < -0.4 is 0 Å². The zero-order valence-corrected chi connectivity index (χ0v) is 24.1. The molecular formula is C34H18BrN3S2. The van der Waals surface area contributed by atoms with E-state index in [-0.39, 0.29) is 0 Å². The second kappa shape index (κ2) is 8.45. The molecule has 5 aromatic carbocycles. The van der Waals surface area contributed by atoms with Crippen molar-refractivity contribution in [3.05, 3.63) is 114 Å². The van der Waals surface area contributed by atoms with Crippen LogP contribution in [0.5, 0.6) is 0 Å². The Balaban J connectivity index is 1.52. The van der Waals surface area contributed by atoms with Gasteiger partial charge in [-0.25, -0.2) is 9.97 Å². The van der Waals surface area contributed by atoms with Gasteiger partial charge in [-0.1, -0.05) is 84.9 Å². The smallest absolute Gasteiger partial charge is 0.235 e. The maximum Gasteiger partial charge on any atom is 0.235 e. The molecule has 0 aliphatic rings. The minimum absolute atomic E-state index is 0.694. The Morgan fingerprint density at radius 1 is 0.600 bits per heavy atom. The topological polar surface area (TPSA) is 30.7 Å². The highest BCUT2D eigenvalue weighted by atomic mass is 79.9. The second-order valence-electron chi connectivity index (χ2n) is 9.92. The van der Waals surface area contributed by atoms with E-state index in [1.165, 1.54) is 35.6 Å². The van der Waals surface area contributed by atoms with Gasteiger partial charge in [-0.3, -0.25) is 4.57 Å². The van der Waals surface area contributed by atoms with Crippen LogP contribution in [0.15, 0.2) is 114 Å². The molecule has 0 saturated carbocycles. The van der Waals surface area contributed by atoms with Gasteiger partial charge in [0.25, 0.3) is 0 Å². The Morgan fingerprint density at radius 2 is 1.25 bits per heavy atom. The van der Waals surface area contributed by atoms with Gasteiger partial charge in [0, 0.05) is 46.4 Å². The lowest BCUT2D eigenvalue weighted by molar-refractivity contribution is 1.02. The molecule has 4 aromatic heterocycles. The molecule has 9 aromatic rings. The first-order valence-electron chi connectivity index (χ1n) is 13.0. The third kappa shape index (κ3) is 3.09. The van der Waals surface area contributed by atoms with Gasteiger partial charge < -0.3 is 0 Å². The van der Waals surface area contributed by atoms with Crippen molar-refractivity contribution >= 4 is 101 Å². The molecule has 4 heterocycles. The molecule has 0 fully saturated rings. The van der Waals surface area contributed by atoms with Crippen LogP contribution in [-0.2, 0) is 0 Å². The van der Waals surface area contributed by atoms with Crippen molar-refractivity contribution in [1.29, 1.82) is 0 Å². The number of thiophene rings is 2. The van der Waals surface area contributed by atoms with Gasteiger partial charge in [-0.15, -0.1) is 22.7 Å². The van der Waals surface area contributed by atoms with Crippen molar-refractivity contribution in [3.63, 3.8) is 0 Å². The van der Waals surface area contributed by atoms with Gasteiger partial charge in [0.1, 0.15) is 0 Å². The first-order valence-corrected chi connectivity index (χ1v) is 15.5. The fourth-order valence-corrected chi connectivity index (χ4v) is 8.91. The molecule has 0 unspecified atom stereocenters. The summed E-state index contributed by atoms with van der Waals surface area (Å²) in [6.07, 6.45) is 0. The van der Waals surface area contributed by atoms with Crippen LogP contribution in [-0.4, -0.2) is 14.5 Å². The Bertz CT molecular complexity index is 2450. The number of fused-ring (bicyclic) bond motifs is 10. The molecule has 0 amide bonds. The Morgan fingerprint density at radius 3 is 2.08 bits per heavy atom. The summed E-state index contributed by atoms with van der Waals surface area (Å²) >= 11 is 7.50. The maximum atomic E-state index is 5.36. The fourth-order valence-electron chi connectivity index (χ4n) is 5.98. The van der Waals surface area contributed by atoms with Crippen LogP contribution in [0.3, 0.4) is 0 Å². The van der Waals surface area contributed by atoms with Gasteiger partial charge >= 0.3 is 0 Å². The molecule has 0 spiro atoms. The van der Waals surface area contributed by atoms with Gasteiger partial charge in [-0.05, 0) is 40.2 Å². The number of nitrogens with zero attached hydrogens (tertiary/aromatic N) is 3. The van der Waals surface area contributed by atoms with E-state index >= 15 is 0 Å². The molecule has 0 aliphatic heterocycles. The molecule has 0 saturated heterocycles. The molecule has 0 atom stereocenters. The summed E-state index contributed by atoms with van der Waals surface area (Å²) < 4.78 is 8.25. The Hall–Kier alpha value is -4.10. The lowest BCUT2D eigenvalue weighted by Crippen LogP contribution is -2.03. The highest BCUT2D eigenvalue weighted by molar-refractivity contribution is 9.10. The first kappa shape index (κ1) is 22.7. The molecule has 40 heavy (non-hydrogen) atoms. The lowest BCUT2D eigenvalue weighted by atomic mass is 10.1. The molecule has 3 nitrogen and oxygen atoms in total. The zero-order valence-electron chi connectivity index (χ0n) is 20.9. The number of benzene rings is 5. The summed E-state index contributed by atoms with van der Waals surface area (Å²) in [4.78, 5) is 10.7. The van der Waals surface area contributed by atoms with E-state index in [0.29, 0.717) is 5.95 Å².